The van der Waals surface area contributed by atoms with Gasteiger partial charge in [-0.3, -0.25) is 4.79 Å². The molecule has 0 radical (unpaired) electrons. The summed E-state index contributed by atoms with van der Waals surface area (Å²) in [4.78, 5) is 25.0. The van der Waals surface area contributed by atoms with Crippen molar-refractivity contribution in [2.75, 3.05) is 18.4 Å². The number of hydrogen-bond acceptors (Lipinski definition) is 5. The molecule has 2 aromatic carbocycles. The summed E-state index contributed by atoms with van der Waals surface area (Å²) in [6.45, 7) is 3.90. The van der Waals surface area contributed by atoms with Crippen molar-refractivity contribution in [1.82, 2.24) is 4.31 Å². The number of aryl methyl sites for hydroxylation is 1. The quantitative estimate of drug-likeness (QED) is 0.683. The largest absolute Gasteiger partial charge is 0.449 e. The fourth-order valence-corrected chi connectivity index (χ4v) is 4.85. The summed E-state index contributed by atoms with van der Waals surface area (Å²) in [5.74, 6) is -2.14. The van der Waals surface area contributed by atoms with Crippen LogP contribution in [0, 0.1) is 12.7 Å². The van der Waals surface area contributed by atoms with Crippen molar-refractivity contribution in [3.05, 3.63) is 59.4 Å². The van der Waals surface area contributed by atoms with Gasteiger partial charge < -0.3 is 10.1 Å². The molecule has 7 nitrogen and oxygen atoms in total. The third kappa shape index (κ3) is 5.29. The Balaban J connectivity index is 1.74. The minimum Gasteiger partial charge on any atom is -0.449 e. The second-order valence-electron chi connectivity index (χ2n) is 7.46. The highest BCUT2D eigenvalue weighted by Crippen LogP contribution is 2.23. The molecule has 1 heterocycles. The van der Waals surface area contributed by atoms with Crippen LogP contribution in [0.2, 0.25) is 0 Å². The zero-order chi connectivity index (χ0) is 22.6. The number of para-hydroxylation sites is 1. The number of amides is 1. The Bertz CT molecular complexity index is 1080. The predicted octanol–water partition coefficient (Wildman–Crippen LogP) is 3.49. The number of sulfonamides is 1. The Labute approximate surface area is 181 Å². The van der Waals surface area contributed by atoms with E-state index in [1.165, 1.54) is 47.6 Å². The zero-order valence-electron chi connectivity index (χ0n) is 17.4. The lowest BCUT2D eigenvalue weighted by Crippen LogP contribution is -2.35. The molecule has 1 fully saturated rings. The molecular weight excluding hydrogens is 423 g/mol. The second kappa shape index (κ2) is 9.57. The monoisotopic (exact) mass is 448 g/mol. The van der Waals surface area contributed by atoms with Crippen LogP contribution in [0.3, 0.4) is 0 Å². The van der Waals surface area contributed by atoms with Gasteiger partial charge in [-0.1, -0.05) is 24.6 Å². The lowest BCUT2D eigenvalue weighted by molar-refractivity contribution is -0.123. The highest BCUT2D eigenvalue weighted by Gasteiger charge is 2.28. The van der Waals surface area contributed by atoms with Gasteiger partial charge in [-0.15, -0.1) is 0 Å². The molecule has 2 aromatic rings. The Morgan fingerprint density at radius 1 is 1.10 bits per heavy atom. The number of nitrogens with one attached hydrogen (secondary N) is 1. The van der Waals surface area contributed by atoms with Crippen molar-refractivity contribution in [3.8, 4) is 0 Å². The number of esters is 1. The number of piperidine rings is 1. The number of halogens is 1. The predicted molar refractivity (Wildman–Crippen MR) is 114 cm³/mol. The summed E-state index contributed by atoms with van der Waals surface area (Å²) < 4.78 is 46.2. The Morgan fingerprint density at radius 3 is 2.45 bits per heavy atom. The molecule has 1 aliphatic heterocycles. The van der Waals surface area contributed by atoms with Crippen LogP contribution in [-0.4, -0.2) is 43.8 Å². The van der Waals surface area contributed by atoms with E-state index in [1.807, 2.05) is 0 Å². The lowest BCUT2D eigenvalue weighted by Gasteiger charge is -2.26. The molecule has 9 heteroatoms. The van der Waals surface area contributed by atoms with Crippen LogP contribution in [0.25, 0.3) is 0 Å². The lowest BCUT2D eigenvalue weighted by atomic mass is 10.1. The van der Waals surface area contributed by atoms with Gasteiger partial charge >= 0.3 is 5.97 Å². The minimum absolute atomic E-state index is 0.00964. The molecule has 166 valence electrons. The van der Waals surface area contributed by atoms with Crippen molar-refractivity contribution in [2.24, 2.45) is 0 Å². The van der Waals surface area contributed by atoms with Crippen LogP contribution in [0.5, 0.6) is 0 Å². The standard InChI is InChI=1S/C22H25FN2O5S/c1-15-10-11-17(31(28,29)25-12-6-3-7-13-25)14-18(15)22(27)30-16(2)21(26)24-20-9-5-4-8-19(20)23/h4-5,8-11,14,16H,3,6-7,12-13H2,1-2H3,(H,24,26). The summed E-state index contributed by atoms with van der Waals surface area (Å²) in [5, 5.41) is 2.37. The molecule has 1 saturated heterocycles. The van der Waals surface area contributed by atoms with Gasteiger partial charge in [0.1, 0.15) is 5.82 Å². The molecule has 3 rings (SSSR count). The Hall–Kier alpha value is -2.78. The first kappa shape index (κ1) is 22.9. The third-order valence-electron chi connectivity index (χ3n) is 5.17. The minimum atomic E-state index is -3.72. The molecule has 1 N–H and O–H groups in total. The van der Waals surface area contributed by atoms with Gasteiger partial charge in [-0.25, -0.2) is 17.6 Å². The van der Waals surface area contributed by atoms with Gasteiger partial charge in [0.25, 0.3) is 5.91 Å². The van der Waals surface area contributed by atoms with E-state index in [0.29, 0.717) is 18.7 Å². The molecule has 0 bridgehead atoms. The van der Waals surface area contributed by atoms with E-state index in [1.54, 1.807) is 13.0 Å². The van der Waals surface area contributed by atoms with E-state index in [4.69, 9.17) is 4.74 Å². The van der Waals surface area contributed by atoms with Crippen LogP contribution in [0.1, 0.15) is 42.1 Å². The number of carbonyl (C=O) groups excluding carboxylic acids is 2. The Morgan fingerprint density at radius 2 is 1.77 bits per heavy atom. The molecule has 1 atom stereocenters. The molecule has 1 amide bonds. The first-order valence-corrected chi connectivity index (χ1v) is 11.5. The van der Waals surface area contributed by atoms with Gasteiger partial charge in [0.2, 0.25) is 10.0 Å². The van der Waals surface area contributed by atoms with Gasteiger partial charge in [-0.05, 0) is 56.5 Å². The zero-order valence-corrected chi connectivity index (χ0v) is 18.2. The molecular formula is C22H25FN2O5S. The van der Waals surface area contributed by atoms with E-state index in [9.17, 15) is 22.4 Å². The highest BCUT2D eigenvalue weighted by atomic mass is 32.2. The van der Waals surface area contributed by atoms with Crippen LogP contribution in [-0.2, 0) is 19.6 Å². The maximum absolute atomic E-state index is 13.7. The fraction of sp³-hybridized carbons (Fsp3) is 0.364. The molecule has 0 spiro atoms. The van der Waals surface area contributed by atoms with Crippen LogP contribution in [0.15, 0.2) is 47.4 Å². The van der Waals surface area contributed by atoms with E-state index < -0.39 is 33.8 Å². The molecule has 1 aliphatic rings. The SMILES string of the molecule is Cc1ccc(S(=O)(=O)N2CCCCC2)cc1C(=O)OC(C)C(=O)Nc1ccccc1F. The van der Waals surface area contributed by atoms with Gasteiger partial charge in [0, 0.05) is 13.1 Å². The number of nitrogens with zero attached hydrogens (tertiary/aromatic N) is 1. The average molecular weight is 449 g/mol. The highest BCUT2D eigenvalue weighted by molar-refractivity contribution is 7.89. The van der Waals surface area contributed by atoms with Gasteiger partial charge in [-0.2, -0.15) is 4.31 Å². The first-order valence-electron chi connectivity index (χ1n) is 10.1. The Kier molecular flexibility index (Phi) is 7.07. The van der Waals surface area contributed by atoms with Crippen molar-refractivity contribution in [1.29, 1.82) is 0 Å². The average Bonchev–Trinajstić information content (AvgIpc) is 2.76. The van der Waals surface area contributed by atoms with E-state index >= 15 is 0 Å². The van der Waals surface area contributed by atoms with E-state index in [2.05, 4.69) is 5.32 Å². The number of rotatable bonds is 6. The van der Waals surface area contributed by atoms with Gasteiger partial charge in [0.05, 0.1) is 16.1 Å². The van der Waals surface area contributed by atoms with E-state index in [-0.39, 0.29) is 16.1 Å². The van der Waals surface area contributed by atoms with Crippen molar-refractivity contribution in [3.63, 3.8) is 0 Å². The van der Waals surface area contributed by atoms with Crippen molar-refractivity contribution in [2.45, 2.75) is 44.1 Å². The van der Waals surface area contributed by atoms with Crippen LogP contribution >= 0.6 is 0 Å². The van der Waals surface area contributed by atoms with Gasteiger partial charge in [0.15, 0.2) is 6.10 Å². The molecule has 1 unspecified atom stereocenters. The normalized spacial score (nSPS) is 15.8. The summed E-state index contributed by atoms with van der Waals surface area (Å²) >= 11 is 0. The summed E-state index contributed by atoms with van der Waals surface area (Å²) in [6, 6.07) is 9.92. The molecule has 31 heavy (non-hydrogen) atoms. The number of carbonyl (C=O) groups is 2. The molecule has 0 aromatic heterocycles. The summed E-state index contributed by atoms with van der Waals surface area (Å²) in [7, 11) is -3.72. The van der Waals surface area contributed by atoms with Crippen molar-refractivity contribution < 1.29 is 27.1 Å². The topological polar surface area (TPSA) is 92.8 Å². The third-order valence-corrected chi connectivity index (χ3v) is 7.06. The summed E-state index contributed by atoms with van der Waals surface area (Å²) in [5.41, 5.74) is 0.550. The number of ether oxygens (including phenoxy) is 1. The number of hydrogen-bond donors (Lipinski definition) is 1. The first-order chi connectivity index (χ1) is 14.7. The smallest absolute Gasteiger partial charge is 0.339 e. The second-order valence-corrected chi connectivity index (χ2v) is 9.40. The number of anilines is 1. The molecule has 0 saturated carbocycles. The maximum Gasteiger partial charge on any atom is 0.339 e. The van der Waals surface area contributed by atoms with Crippen LogP contribution < -0.4 is 5.32 Å². The van der Waals surface area contributed by atoms with Crippen molar-refractivity contribution >= 4 is 27.6 Å². The molecule has 0 aliphatic carbocycles. The number of benzene rings is 2. The maximum atomic E-state index is 13.7. The van der Waals surface area contributed by atoms with Crippen LogP contribution in [0.4, 0.5) is 10.1 Å². The van der Waals surface area contributed by atoms with E-state index in [0.717, 1.165) is 19.3 Å². The summed E-state index contributed by atoms with van der Waals surface area (Å²) in [6.07, 6.45) is 1.38. The fourth-order valence-electron chi connectivity index (χ4n) is 3.31.